The first-order valence-corrected chi connectivity index (χ1v) is 8.53. The molecule has 26 heavy (non-hydrogen) atoms. The third kappa shape index (κ3) is 4.42. The van der Waals surface area contributed by atoms with Gasteiger partial charge in [0.1, 0.15) is 23.3 Å². The Hall–Kier alpha value is -2.81. The molecule has 1 atom stereocenters. The van der Waals surface area contributed by atoms with Gasteiger partial charge in [0.25, 0.3) is 0 Å². The number of thioether (sulfide) groups is 1. The number of fused-ring (bicyclic) bond motifs is 1. The molecule has 0 bridgehead atoms. The van der Waals surface area contributed by atoms with E-state index in [0.717, 1.165) is 23.4 Å². The van der Waals surface area contributed by atoms with Crippen molar-refractivity contribution in [1.82, 2.24) is 0 Å². The lowest BCUT2D eigenvalue weighted by molar-refractivity contribution is 0.177. The molecule has 8 heteroatoms. The maximum absolute atomic E-state index is 13.5. The third-order valence-electron chi connectivity index (χ3n) is 3.71. The lowest BCUT2D eigenvalue weighted by Gasteiger charge is -2.14. The number of hydrogen-bond acceptors (Lipinski definition) is 6. The summed E-state index contributed by atoms with van der Waals surface area (Å²) in [6.45, 7) is 0. The SMILES string of the molecule is N#CN.N#Cc1cc(F)cc(Oc2ccc(SCF)c3c2CCC3O)c1. The van der Waals surface area contributed by atoms with Crippen LogP contribution in [0.25, 0.3) is 0 Å². The molecule has 2 aromatic carbocycles. The van der Waals surface area contributed by atoms with Crippen LogP contribution < -0.4 is 10.5 Å². The van der Waals surface area contributed by atoms with Crippen molar-refractivity contribution in [3.63, 3.8) is 0 Å². The average molecular weight is 375 g/mol. The fourth-order valence-electron chi connectivity index (χ4n) is 2.77. The number of ether oxygens (including phenoxy) is 1. The largest absolute Gasteiger partial charge is 0.457 e. The number of nitrogens with two attached hydrogens (primary N) is 1. The molecule has 0 spiro atoms. The number of aliphatic hydroxyl groups is 1. The number of halogens is 2. The van der Waals surface area contributed by atoms with Crippen LogP contribution in [-0.2, 0) is 6.42 Å². The highest BCUT2D eigenvalue weighted by atomic mass is 32.2. The molecule has 3 N–H and O–H groups in total. The molecular formula is C18H15F2N3O2S. The highest BCUT2D eigenvalue weighted by Gasteiger charge is 2.27. The molecule has 3 rings (SSSR count). The maximum Gasteiger partial charge on any atom is 0.173 e. The second kappa shape index (κ2) is 9.04. The summed E-state index contributed by atoms with van der Waals surface area (Å²) in [4.78, 5) is 0.691. The van der Waals surface area contributed by atoms with Crippen LogP contribution in [0.5, 0.6) is 11.5 Å². The Morgan fingerprint density at radius 3 is 2.69 bits per heavy atom. The maximum atomic E-state index is 13.5. The summed E-state index contributed by atoms with van der Waals surface area (Å²) in [6, 6.07) is 8.45. The molecule has 0 amide bonds. The van der Waals surface area contributed by atoms with Crippen molar-refractivity contribution in [3.05, 3.63) is 52.8 Å². The van der Waals surface area contributed by atoms with E-state index >= 15 is 0 Å². The van der Waals surface area contributed by atoms with Crippen LogP contribution in [0.1, 0.15) is 29.2 Å². The molecular weight excluding hydrogens is 360 g/mol. The molecule has 1 aliphatic carbocycles. The first kappa shape index (κ1) is 19.5. The third-order valence-corrected chi connectivity index (χ3v) is 4.49. The van der Waals surface area contributed by atoms with Gasteiger partial charge in [-0.3, -0.25) is 0 Å². The standard InChI is InChI=1S/C17H13F2NO2S.CH2N2/c18-9-23-16-4-3-15(13-1-2-14(21)17(13)16)22-12-6-10(8-20)5-11(19)7-12;2-1-3/h3-7,14,21H,1-2,9H2;2H2. The van der Waals surface area contributed by atoms with E-state index in [2.05, 4.69) is 5.73 Å². The summed E-state index contributed by atoms with van der Waals surface area (Å²) in [5.41, 5.74) is 5.81. The van der Waals surface area contributed by atoms with Crippen molar-refractivity contribution in [2.24, 2.45) is 5.73 Å². The van der Waals surface area contributed by atoms with Crippen molar-refractivity contribution < 1.29 is 18.6 Å². The lowest BCUT2D eigenvalue weighted by atomic mass is 10.1. The van der Waals surface area contributed by atoms with Crippen LogP contribution in [0.3, 0.4) is 0 Å². The highest BCUT2D eigenvalue weighted by Crippen LogP contribution is 2.44. The smallest absolute Gasteiger partial charge is 0.173 e. The zero-order valence-electron chi connectivity index (χ0n) is 13.6. The minimum absolute atomic E-state index is 0.168. The van der Waals surface area contributed by atoms with Gasteiger partial charge >= 0.3 is 0 Å². The second-order valence-corrected chi connectivity index (χ2v) is 6.23. The van der Waals surface area contributed by atoms with Gasteiger partial charge in [0.05, 0.1) is 17.7 Å². The summed E-state index contributed by atoms with van der Waals surface area (Å²) >= 11 is 1.02. The fraction of sp³-hybridized carbons (Fsp3) is 0.222. The number of nitrogens with zero attached hydrogens (tertiary/aromatic N) is 2. The molecule has 0 aliphatic heterocycles. The predicted octanol–water partition coefficient (Wildman–Crippen LogP) is 3.91. The summed E-state index contributed by atoms with van der Waals surface area (Å²) in [7, 11) is 0. The van der Waals surface area contributed by atoms with Crippen LogP contribution >= 0.6 is 11.8 Å². The van der Waals surface area contributed by atoms with Gasteiger partial charge in [-0.15, -0.1) is 0 Å². The summed E-state index contributed by atoms with van der Waals surface area (Å²) in [6.07, 6.45) is 1.75. The Morgan fingerprint density at radius 1 is 1.31 bits per heavy atom. The van der Waals surface area contributed by atoms with E-state index in [1.165, 1.54) is 18.3 Å². The molecule has 0 aromatic heterocycles. The van der Waals surface area contributed by atoms with Gasteiger partial charge in [-0.25, -0.2) is 8.78 Å². The lowest BCUT2D eigenvalue weighted by Crippen LogP contribution is -1.97. The van der Waals surface area contributed by atoms with Gasteiger partial charge in [0, 0.05) is 22.1 Å². The Bertz CT molecular complexity index is 878. The number of benzene rings is 2. The van der Waals surface area contributed by atoms with E-state index in [1.807, 2.05) is 6.07 Å². The van der Waals surface area contributed by atoms with Crippen molar-refractivity contribution in [2.45, 2.75) is 23.8 Å². The highest BCUT2D eigenvalue weighted by molar-refractivity contribution is 7.99. The van der Waals surface area contributed by atoms with Gasteiger partial charge in [0.15, 0.2) is 6.19 Å². The van der Waals surface area contributed by atoms with Gasteiger partial charge in [-0.2, -0.15) is 10.5 Å². The second-order valence-electron chi connectivity index (χ2n) is 5.28. The molecule has 0 saturated carbocycles. The fourth-order valence-corrected chi connectivity index (χ4v) is 3.46. The molecule has 134 valence electrons. The average Bonchev–Trinajstić information content (AvgIpc) is 3.00. The minimum atomic E-state index is -0.648. The number of aliphatic hydroxyl groups excluding tert-OH is 1. The van der Waals surface area contributed by atoms with Crippen molar-refractivity contribution >= 4 is 11.8 Å². The predicted molar refractivity (Wildman–Crippen MR) is 92.5 cm³/mol. The van der Waals surface area contributed by atoms with Crippen LogP contribution in [-0.4, -0.2) is 11.1 Å². The van der Waals surface area contributed by atoms with Gasteiger partial charge in [0.2, 0.25) is 0 Å². The zero-order chi connectivity index (χ0) is 19.1. The summed E-state index contributed by atoms with van der Waals surface area (Å²) in [5.74, 6) is 0.158. The number of hydrogen-bond donors (Lipinski definition) is 2. The van der Waals surface area contributed by atoms with Crippen LogP contribution in [0.2, 0.25) is 0 Å². The van der Waals surface area contributed by atoms with Crippen molar-refractivity contribution in [1.29, 1.82) is 10.5 Å². The number of alkyl halides is 1. The quantitative estimate of drug-likeness (QED) is 0.477. The van der Waals surface area contributed by atoms with Gasteiger partial charge in [-0.1, -0.05) is 11.8 Å². The molecule has 0 radical (unpaired) electrons. The van der Waals surface area contributed by atoms with Crippen LogP contribution in [0.15, 0.2) is 35.2 Å². The first-order chi connectivity index (χ1) is 12.5. The molecule has 1 aliphatic rings. The Morgan fingerprint density at radius 2 is 2.04 bits per heavy atom. The van der Waals surface area contributed by atoms with Crippen LogP contribution in [0, 0.1) is 28.6 Å². The normalized spacial score (nSPS) is 14.4. The topological polar surface area (TPSA) is 103 Å². The van der Waals surface area contributed by atoms with E-state index in [-0.39, 0.29) is 11.3 Å². The van der Waals surface area contributed by atoms with E-state index < -0.39 is 17.9 Å². The van der Waals surface area contributed by atoms with Gasteiger partial charge < -0.3 is 15.6 Å². The summed E-state index contributed by atoms with van der Waals surface area (Å²) < 4.78 is 31.9. The minimum Gasteiger partial charge on any atom is -0.457 e. The van der Waals surface area contributed by atoms with E-state index in [9.17, 15) is 13.9 Å². The number of rotatable bonds is 4. The Kier molecular flexibility index (Phi) is 6.79. The molecule has 2 aromatic rings. The molecule has 5 nitrogen and oxygen atoms in total. The first-order valence-electron chi connectivity index (χ1n) is 7.54. The molecule has 0 saturated heterocycles. The molecule has 0 heterocycles. The van der Waals surface area contributed by atoms with Crippen molar-refractivity contribution in [3.8, 4) is 23.8 Å². The Labute approximate surface area is 153 Å². The molecule has 0 fully saturated rings. The van der Waals surface area contributed by atoms with Crippen LogP contribution in [0.4, 0.5) is 8.78 Å². The van der Waals surface area contributed by atoms with E-state index in [4.69, 9.17) is 15.3 Å². The van der Waals surface area contributed by atoms with E-state index in [1.54, 1.807) is 12.1 Å². The van der Waals surface area contributed by atoms with E-state index in [0.29, 0.717) is 29.1 Å². The monoisotopic (exact) mass is 375 g/mol. The van der Waals surface area contributed by atoms with Gasteiger partial charge in [-0.05, 0) is 37.1 Å². The summed E-state index contributed by atoms with van der Waals surface area (Å²) in [5, 5.41) is 26.1. The number of nitriles is 2. The Balaban J connectivity index is 0.000000758. The zero-order valence-corrected chi connectivity index (χ0v) is 14.4. The molecule has 1 unspecified atom stereocenters. The van der Waals surface area contributed by atoms with Crippen molar-refractivity contribution in [2.75, 3.05) is 6.01 Å².